The van der Waals surface area contributed by atoms with Gasteiger partial charge in [-0.1, -0.05) is 56.7 Å². The van der Waals surface area contributed by atoms with Crippen molar-refractivity contribution in [2.24, 2.45) is 5.73 Å². The first kappa shape index (κ1) is 28.9. The number of benzene rings is 2. The van der Waals surface area contributed by atoms with Gasteiger partial charge in [0.15, 0.2) is 0 Å². The Morgan fingerprint density at radius 1 is 1.11 bits per heavy atom. The Morgan fingerprint density at radius 3 is 2.49 bits per heavy atom. The highest BCUT2D eigenvalue weighted by Crippen LogP contribution is 2.37. The van der Waals surface area contributed by atoms with Gasteiger partial charge in [-0.3, -0.25) is 9.69 Å². The molecule has 0 bridgehead atoms. The average Bonchev–Trinajstić information content (AvgIpc) is 3.35. The summed E-state index contributed by atoms with van der Waals surface area (Å²) >= 11 is 3.70. The fourth-order valence-corrected chi connectivity index (χ4v) is 5.30. The molecule has 0 unspecified atom stereocenters. The second-order valence-corrected chi connectivity index (χ2v) is 10.5. The molecule has 0 aliphatic carbocycles. The van der Waals surface area contributed by atoms with E-state index in [0.29, 0.717) is 6.54 Å². The molecule has 0 aromatic heterocycles. The van der Waals surface area contributed by atoms with Gasteiger partial charge < -0.3 is 14.9 Å². The Balaban J connectivity index is 0.00000137. The Bertz CT molecular complexity index is 932. The van der Waals surface area contributed by atoms with Crippen molar-refractivity contribution >= 4 is 41.5 Å². The third kappa shape index (κ3) is 9.32. The molecule has 1 fully saturated rings. The largest absolute Gasteiger partial charge is 0.372 e. The molecule has 2 N–H and O–H groups in total. The van der Waals surface area contributed by atoms with Gasteiger partial charge in [0.1, 0.15) is 0 Å². The Labute approximate surface area is 220 Å². The zero-order valence-electron chi connectivity index (χ0n) is 21.3. The van der Waals surface area contributed by atoms with Gasteiger partial charge in [0.25, 0.3) is 0 Å². The first-order valence-corrected chi connectivity index (χ1v) is 14.4. The Kier molecular flexibility index (Phi) is 13.5. The smallest absolute Gasteiger partial charge is 0.204 e. The molecular weight excluding hydrogens is 474 g/mol. The molecule has 6 nitrogen and oxygen atoms in total. The molecule has 190 valence electrons. The molecule has 0 saturated carbocycles. The first-order chi connectivity index (χ1) is 17.1. The van der Waals surface area contributed by atoms with Gasteiger partial charge in [-0.25, -0.2) is 0 Å². The monoisotopic (exact) mass is 513 g/mol. The van der Waals surface area contributed by atoms with Gasteiger partial charge in [0.05, 0.1) is 25.0 Å². The molecule has 2 aromatic carbocycles. The number of rotatable bonds is 12. The highest BCUT2D eigenvalue weighted by molar-refractivity contribution is 8.00. The van der Waals surface area contributed by atoms with Gasteiger partial charge >= 0.3 is 0 Å². The maximum atomic E-state index is 9.01. The lowest BCUT2D eigenvalue weighted by Crippen LogP contribution is -2.25. The van der Waals surface area contributed by atoms with Gasteiger partial charge in [0, 0.05) is 42.5 Å². The number of anilines is 2. The van der Waals surface area contributed by atoms with Crippen LogP contribution in [0.1, 0.15) is 39.0 Å². The standard InChI is InChI=1S/C26H36N4S2.CH3NO/c1-4-5-6-7-8-19-32-24-12-9-22(10-13-24)25-20-23(11-14-26(25)28(2)31-3)30-18-17-29(21-30)16-15-27;2-1-3/h9-14,20H,4-8,16-19,21H2,1-3H3;1H,(H2,2,3). The minimum absolute atomic E-state index is 0.250. The van der Waals surface area contributed by atoms with Gasteiger partial charge in [-0.2, -0.15) is 5.26 Å². The molecule has 2 aromatic rings. The second-order valence-electron chi connectivity index (χ2n) is 8.42. The van der Waals surface area contributed by atoms with Gasteiger partial charge in [-0.05, 0) is 48.1 Å². The quantitative estimate of drug-likeness (QED) is 0.126. The first-order valence-electron chi connectivity index (χ1n) is 12.2. The minimum Gasteiger partial charge on any atom is -0.372 e. The number of carbonyl (C=O) groups is 1. The molecule has 35 heavy (non-hydrogen) atoms. The lowest BCUT2D eigenvalue weighted by Gasteiger charge is -2.24. The van der Waals surface area contributed by atoms with Crippen LogP contribution in [0.3, 0.4) is 0 Å². The van der Waals surface area contributed by atoms with Crippen molar-refractivity contribution in [1.29, 1.82) is 5.26 Å². The maximum Gasteiger partial charge on any atom is 0.204 e. The van der Waals surface area contributed by atoms with Gasteiger partial charge in [-0.15, -0.1) is 11.8 Å². The van der Waals surface area contributed by atoms with Crippen LogP contribution in [-0.4, -0.2) is 56.7 Å². The minimum atomic E-state index is 0.250. The summed E-state index contributed by atoms with van der Waals surface area (Å²) in [5, 5.41) is 9.01. The number of unbranched alkanes of at least 4 members (excludes halogenated alkanes) is 4. The molecule has 0 spiro atoms. The summed E-state index contributed by atoms with van der Waals surface area (Å²) in [6.07, 6.45) is 9.04. The zero-order chi connectivity index (χ0) is 25.5. The predicted molar refractivity (Wildman–Crippen MR) is 153 cm³/mol. The third-order valence-electron chi connectivity index (χ3n) is 5.99. The average molecular weight is 514 g/mol. The predicted octanol–water partition coefficient (Wildman–Crippen LogP) is 5.83. The number of hydrogen-bond acceptors (Lipinski definition) is 7. The molecule has 1 amide bonds. The van der Waals surface area contributed by atoms with Crippen LogP contribution in [0, 0.1) is 11.3 Å². The summed E-state index contributed by atoms with van der Waals surface area (Å²) in [6.45, 7) is 5.49. The molecule has 1 aliphatic rings. The van der Waals surface area contributed by atoms with E-state index in [1.165, 1.54) is 65.3 Å². The van der Waals surface area contributed by atoms with Crippen molar-refractivity contribution in [2.45, 2.75) is 43.9 Å². The lowest BCUT2D eigenvalue weighted by molar-refractivity contribution is -0.106. The Morgan fingerprint density at radius 2 is 1.83 bits per heavy atom. The summed E-state index contributed by atoms with van der Waals surface area (Å²) in [5.74, 6) is 1.20. The highest BCUT2D eigenvalue weighted by atomic mass is 32.2. The summed E-state index contributed by atoms with van der Waals surface area (Å²) in [4.78, 5) is 14.5. The SMILES string of the molecule is CCCCCCCSc1ccc(-c2cc(N3CCN(CC#N)C3)ccc2N(C)SC)cc1.NC=O. The van der Waals surface area contributed by atoms with Crippen LogP contribution < -0.4 is 14.9 Å². The van der Waals surface area contributed by atoms with Crippen molar-refractivity contribution < 1.29 is 4.79 Å². The number of carbonyl (C=O) groups excluding carboxylic acids is 1. The van der Waals surface area contributed by atoms with E-state index in [0.717, 1.165) is 19.8 Å². The molecular formula is C27H39N5OS2. The number of nitrogens with two attached hydrogens (primary N) is 1. The number of primary amides is 1. The van der Waals surface area contributed by atoms with E-state index < -0.39 is 0 Å². The van der Waals surface area contributed by atoms with E-state index in [-0.39, 0.29) is 6.41 Å². The molecule has 1 aliphatic heterocycles. The number of hydrogen-bond donors (Lipinski definition) is 1. The van der Waals surface area contributed by atoms with Crippen molar-refractivity contribution in [3.05, 3.63) is 42.5 Å². The summed E-state index contributed by atoms with van der Waals surface area (Å²) in [5.41, 5.74) is 9.13. The zero-order valence-corrected chi connectivity index (χ0v) is 22.9. The highest BCUT2D eigenvalue weighted by Gasteiger charge is 2.21. The fourth-order valence-electron chi connectivity index (χ4n) is 4.04. The van der Waals surface area contributed by atoms with E-state index >= 15 is 0 Å². The van der Waals surface area contributed by atoms with Crippen LogP contribution >= 0.6 is 23.7 Å². The number of amides is 1. The van der Waals surface area contributed by atoms with Crippen molar-refractivity contribution in [1.82, 2.24) is 4.90 Å². The van der Waals surface area contributed by atoms with Crippen LogP contribution in [0.15, 0.2) is 47.4 Å². The maximum absolute atomic E-state index is 9.01. The van der Waals surface area contributed by atoms with E-state index in [4.69, 9.17) is 10.1 Å². The van der Waals surface area contributed by atoms with Crippen molar-refractivity contribution in [2.75, 3.05) is 54.6 Å². The van der Waals surface area contributed by atoms with Crippen molar-refractivity contribution in [3.8, 4) is 17.2 Å². The number of nitrogens with zero attached hydrogens (tertiary/aromatic N) is 4. The molecule has 3 rings (SSSR count). The summed E-state index contributed by atoms with van der Waals surface area (Å²) < 4.78 is 2.23. The summed E-state index contributed by atoms with van der Waals surface area (Å²) in [7, 11) is 2.12. The van der Waals surface area contributed by atoms with Gasteiger partial charge in [0.2, 0.25) is 6.41 Å². The molecule has 1 heterocycles. The fraction of sp³-hybridized carbons (Fsp3) is 0.481. The van der Waals surface area contributed by atoms with E-state index in [1.54, 1.807) is 11.9 Å². The van der Waals surface area contributed by atoms with E-state index in [9.17, 15) is 0 Å². The van der Waals surface area contributed by atoms with Crippen LogP contribution in [0.5, 0.6) is 0 Å². The van der Waals surface area contributed by atoms with Crippen LogP contribution in [0.2, 0.25) is 0 Å². The van der Waals surface area contributed by atoms with Crippen LogP contribution in [-0.2, 0) is 4.79 Å². The normalized spacial score (nSPS) is 13.1. The van der Waals surface area contributed by atoms with E-state index in [1.807, 2.05) is 11.8 Å². The van der Waals surface area contributed by atoms with Crippen LogP contribution in [0.4, 0.5) is 11.4 Å². The van der Waals surface area contributed by atoms with E-state index in [2.05, 4.69) is 88.6 Å². The lowest BCUT2D eigenvalue weighted by atomic mass is 10.0. The molecule has 8 heteroatoms. The Hall–Kier alpha value is -2.34. The second kappa shape index (κ2) is 16.4. The molecule has 0 radical (unpaired) electrons. The number of nitriles is 1. The van der Waals surface area contributed by atoms with Crippen molar-refractivity contribution in [3.63, 3.8) is 0 Å². The summed E-state index contributed by atoms with van der Waals surface area (Å²) in [6, 6.07) is 18.1. The van der Waals surface area contributed by atoms with Crippen LogP contribution in [0.25, 0.3) is 11.1 Å². The topological polar surface area (TPSA) is 76.6 Å². The third-order valence-corrected chi connectivity index (χ3v) is 7.83. The molecule has 0 atom stereocenters. The number of thioether (sulfide) groups is 1. The molecule has 1 saturated heterocycles.